The van der Waals surface area contributed by atoms with E-state index in [9.17, 15) is 8.42 Å². The Bertz CT molecular complexity index is 205. The van der Waals surface area contributed by atoms with Gasteiger partial charge in [-0.3, -0.25) is 0 Å². The van der Waals surface area contributed by atoms with Gasteiger partial charge in [-0.05, 0) is 0 Å². The molecule has 0 aromatic carbocycles. The molecule has 0 rings (SSSR count). The van der Waals surface area contributed by atoms with Crippen LogP contribution in [-0.4, -0.2) is 33.0 Å². The SMILES string of the molecule is CS(=O)(=O)O/C=C/OCCO. The van der Waals surface area contributed by atoms with Crippen LogP contribution in [0.3, 0.4) is 0 Å². The van der Waals surface area contributed by atoms with Gasteiger partial charge in [-0.2, -0.15) is 8.42 Å². The lowest BCUT2D eigenvalue weighted by molar-refractivity contribution is 0.162. The Kier molecular flexibility index (Phi) is 4.64. The smallest absolute Gasteiger partial charge is 0.305 e. The molecule has 11 heavy (non-hydrogen) atoms. The van der Waals surface area contributed by atoms with Crippen LogP contribution in [0.1, 0.15) is 0 Å². The van der Waals surface area contributed by atoms with Crippen LogP contribution in [-0.2, 0) is 19.0 Å². The fourth-order valence-corrected chi connectivity index (χ4v) is 0.531. The predicted molar refractivity (Wildman–Crippen MR) is 38.1 cm³/mol. The first-order valence-corrected chi connectivity index (χ1v) is 4.63. The van der Waals surface area contributed by atoms with Crippen LogP contribution in [0.4, 0.5) is 0 Å². The summed E-state index contributed by atoms with van der Waals surface area (Å²) in [5.74, 6) is 0. The summed E-state index contributed by atoms with van der Waals surface area (Å²) in [4.78, 5) is 0. The lowest BCUT2D eigenvalue weighted by atomic mass is 10.8. The van der Waals surface area contributed by atoms with Gasteiger partial charge >= 0.3 is 10.1 Å². The van der Waals surface area contributed by atoms with Crippen molar-refractivity contribution in [2.24, 2.45) is 0 Å². The van der Waals surface area contributed by atoms with Crippen LogP contribution in [0.25, 0.3) is 0 Å². The molecule has 0 aliphatic carbocycles. The van der Waals surface area contributed by atoms with Crippen molar-refractivity contribution in [2.45, 2.75) is 0 Å². The molecule has 0 spiro atoms. The van der Waals surface area contributed by atoms with Crippen LogP contribution >= 0.6 is 0 Å². The summed E-state index contributed by atoms with van der Waals surface area (Å²) in [7, 11) is -3.44. The van der Waals surface area contributed by atoms with Gasteiger partial charge in [0.1, 0.15) is 19.1 Å². The molecule has 0 aromatic heterocycles. The van der Waals surface area contributed by atoms with Gasteiger partial charge in [0.05, 0.1) is 12.9 Å². The fraction of sp³-hybridized carbons (Fsp3) is 0.600. The number of hydrogen-bond acceptors (Lipinski definition) is 5. The Hall–Kier alpha value is -0.750. The molecule has 66 valence electrons. The van der Waals surface area contributed by atoms with E-state index in [1.807, 2.05) is 0 Å². The number of aliphatic hydroxyl groups is 1. The van der Waals surface area contributed by atoms with Crippen LogP contribution in [0.2, 0.25) is 0 Å². The monoisotopic (exact) mass is 182 g/mol. The molecule has 0 heterocycles. The third kappa shape index (κ3) is 9.25. The first-order chi connectivity index (χ1) is 5.06. The zero-order valence-corrected chi connectivity index (χ0v) is 6.87. The lowest BCUT2D eigenvalue weighted by Crippen LogP contribution is -1.97. The summed E-state index contributed by atoms with van der Waals surface area (Å²) < 4.78 is 29.3. The van der Waals surface area contributed by atoms with E-state index in [1.54, 1.807) is 0 Å². The number of aliphatic hydroxyl groups excluding tert-OH is 1. The molecule has 0 bridgehead atoms. The minimum atomic E-state index is -3.44. The van der Waals surface area contributed by atoms with E-state index in [4.69, 9.17) is 5.11 Å². The van der Waals surface area contributed by atoms with E-state index in [1.165, 1.54) is 0 Å². The van der Waals surface area contributed by atoms with E-state index in [2.05, 4.69) is 8.92 Å². The molecule has 0 fully saturated rings. The van der Waals surface area contributed by atoms with Crippen molar-refractivity contribution in [3.63, 3.8) is 0 Å². The molecule has 0 aliphatic rings. The van der Waals surface area contributed by atoms with Crippen molar-refractivity contribution in [2.75, 3.05) is 19.5 Å². The predicted octanol–water partition coefficient (Wildman–Crippen LogP) is -0.557. The van der Waals surface area contributed by atoms with Crippen LogP contribution < -0.4 is 0 Å². The second-order valence-electron chi connectivity index (χ2n) is 1.67. The summed E-state index contributed by atoms with van der Waals surface area (Å²) in [6, 6.07) is 0. The first kappa shape index (κ1) is 10.2. The topological polar surface area (TPSA) is 72.8 Å². The molecule has 5 nitrogen and oxygen atoms in total. The molecule has 0 aromatic rings. The summed E-state index contributed by atoms with van der Waals surface area (Å²) >= 11 is 0. The van der Waals surface area contributed by atoms with Gasteiger partial charge in [0.15, 0.2) is 0 Å². The summed E-state index contributed by atoms with van der Waals surface area (Å²) in [5, 5.41) is 8.21. The maximum absolute atomic E-state index is 10.3. The van der Waals surface area contributed by atoms with Crippen LogP contribution in [0.5, 0.6) is 0 Å². The van der Waals surface area contributed by atoms with Gasteiger partial charge in [0.25, 0.3) is 0 Å². The maximum Gasteiger partial charge on any atom is 0.305 e. The zero-order valence-electron chi connectivity index (χ0n) is 6.06. The van der Waals surface area contributed by atoms with E-state index in [0.717, 1.165) is 18.8 Å². The molecular weight excluding hydrogens is 172 g/mol. The van der Waals surface area contributed by atoms with E-state index in [0.29, 0.717) is 0 Å². The first-order valence-electron chi connectivity index (χ1n) is 2.82. The van der Waals surface area contributed by atoms with Gasteiger partial charge in [-0.25, -0.2) is 0 Å². The van der Waals surface area contributed by atoms with Crippen molar-refractivity contribution in [1.29, 1.82) is 0 Å². The third-order valence-electron chi connectivity index (χ3n) is 0.591. The largest absolute Gasteiger partial charge is 0.496 e. The summed E-state index contributed by atoms with van der Waals surface area (Å²) in [6.45, 7) is -0.00711. The molecule has 0 amide bonds. The Morgan fingerprint density at radius 1 is 1.45 bits per heavy atom. The van der Waals surface area contributed by atoms with Gasteiger partial charge in [0.2, 0.25) is 0 Å². The molecule has 1 N–H and O–H groups in total. The van der Waals surface area contributed by atoms with Crippen LogP contribution in [0.15, 0.2) is 12.5 Å². The number of rotatable bonds is 5. The second kappa shape index (κ2) is 4.97. The normalized spacial score (nSPS) is 11.8. The maximum atomic E-state index is 10.3. The molecular formula is C5H10O5S. The van der Waals surface area contributed by atoms with Crippen molar-refractivity contribution in [3.8, 4) is 0 Å². The van der Waals surface area contributed by atoms with Crippen molar-refractivity contribution in [1.82, 2.24) is 0 Å². The molecule has 6 heteroatoms. The van der Waals surface area contributed by atoms with Crippen molar-refractivity contribution in [3.05, 3.63) is 12.5 Å². The van der Waals surface area contributed by atoms with Crippen LogP contribution in [0, 0.1) is 0 Å². The molecule has 0 aliphatic heterocycles. The summed E-state index contributed by atoms with van der Waals surface area (Å²) in [5.41, 5.74) is 0. The Morgan fingerprint density at radius 2 is 2.09 bits per heavy atom. The molecule has 0 atom stereocenters. The third-order valence-corrected chi connectivity index (χ3v) is 1.05. The molecule has 0 saturated carbocycles. The molecule has 0 unspecified atom stereocenters. The molecule has 0 radical (unpaired) electrons. The highest BCUT2D eigenvalue weighted by molar-refractivity contribution is 7.86. The van der Waals surface area contributed by atoms with Gasteiger partial charge in [-0.15, -0.1) is 0 Å². The lowest BCUT2D eigenvalue weighted by Gasteiger charge is -1.95. The Balaban J connectivity index is 3.46. The number of ether oxygens (including phenoxy) is 1. The fourth-order valence-electron chi connectivity index (χ4n) is 0.284. The van der Waals surface area contributed by atoms with Crippen molar-refractivity contribution >= 4 is 10.1 Å². The quantitative estimate of drug-likeness (QED) is 0.350. The van der Waals surface area contributed by atoms with Gasteiger partial charge < -0.3 is 14.0 Å². The second-order valence-corrected chi connectivity index (χ2v) is 3.27. The average molecular weight is 182 g/mol. The molecule has 0 saturated heterocycles. The Labute approximate surface area is 65.4 Å². The zero-order chi connectivity index (χ0) is 8.74. The average Bonchev–Trinajstić information content (AvgIpc) is 1.85. The highest BCUT2D eigenvalue weighted by Crippen LogP contribution is 1.87. The summed E-state index contributed by atoms with van der Waals surface area (Å²) in [6.07, 6.45) is 2.87. The highest BCUT2D eigenvalue weighted by atomic mass is 32.2. The van der Waals surface area contributed by atoms with Gasteiger partial charge in [-0.1, -0.05) is 0 Å². The van der Waals surface area contributed by atoms with E-state index >= 15 is 0 Å². The van der Waals surface area contributed by atoms with Gasteiger partial charge in [0, 0.05) is 0 Å². The van der Waals surface area contributed by atoms with E-state index in [-0.39, 0.29) is 13.2 Å². The van der Waals surface area contributed by atoms with E-state index < -0.39 is 10.1 Å². The minimum absolute atomic E-state index is 0.115. The standard InChI is InChI=1S/C5H10O5S/c1-11(7,8)10-5-4-9-3-2-6/h4-6H,2-3H2,1H3/b5-4+. The Morgan fingerprint density at radius 3 is 2.55 bits per heavy atom. The number of hydrogen-bond donors (Lipinski definition) is 1. The highest BCUT2D eigenvalue weighted by Gasteiger charge is 1.94. The van der Waals surface area contributed by atoms with Crippen molar-refractivity contribution < 1.29 is 22.4 Å². The minimum Gasteiger partial charge on any atom is -0.496 e.